The number of carbonyl (C=O) groups is 1. The first kappa shape index (κ1) is 14.6. The van der Waals surface area contributed by atoms with Gasteiger partial charge < -0.3 is 5.32 Å². The number of halogens is 3. The first-order chi connectivity index (χ1) is 9.49. The summed E-state index contributed by atoms with van der Waals surface area (Å²) >= 11 is 17.3. The van der Waals surface area contributed by atoms with Crippen LogP contribution in [0.4, 0.5) is 5.69 Å². The quantitative estimate of drug-likeness (QED) is 0.842. The van der Waals surface area contributed by atoms with E-state index >= 15 is 0 Å². The molecule has 100 valence electrons. The molecule has 1 aromatic heterocycles. The zero-order valence-electron chi connectivity index (χ0n) is 9.82. The summed E-state index contributed by atoms with van der Waals surface area (Å²) in [5.41, 5.74) is 0.985. The Morgan fingerprint density at radius 1 is 1.15 bits per heavy atom. The molecule has 0 atom stereocenters. The predicted molar refractivity (Wildman–Crippen MR) is 78.4 cm³/mol. The molecule has 2 rings (SSSR count). The van der Waals surface area contributed by atoms with Crippen molar-refractivity contribution in [2.45, 2.75) is 0 Å². The van der Waals surface area contributed by atoms with E-state index in [1.54, 1.807) is 6.07 Å². The zero-order valence-corrected chi connectivity index (χ0v) is 12.1. The number of nitrogens with zero attached hydrogens (tertiary/aromatic N) is 2. The molecule has 0 saturated heterocycles. The summed E-state index contributed by atoms with van der Waals surface area (Å²) in [7, 11) is 0. The Hall–Kier alpha value is -1.80. The van der Waals surface area contributed by atoms with Gasteiger partial charge in [-0.05, 0) is 30.3 Å². The highest BCUT2D eigenvalue weighted by atomic mass is 35.5. The molecule has 0 aliphatic rings. The lowest BCUT2D eigenvalue weighted by atomic mass is 10.2. The van der Waals surface area contributed by atoms with Gasteiger partial charge >= 0.3 is 0 Å². The van der Waals surface area contributed by atoms with Gasteiger partial charge in [-0.3, -0.25) is 4.79 Å². The summed E-state index contributed by atoms with van der Waals surface area (Å²) in [6, 6.07) is 9.31. The molecule has 1 aromatic carbocycles. The summed E-state index contributed by atoms with van der Waals surface area (Å²) in [5, 5.41) is 12.1. The van der Waals surface area contributed by atoms with Crippen molar-refractivity contribution in [3.63, 3.8) is 0 Å². The molecule has 1 N–H and O–H groups in total. The van der Waals surface area contributed by atoms with Gasteiger partial charge in [0, 0.05) is 11.3 Å². The van der Waals surface area contributed by atoms with Crippen molar-refractivity contribution in [2.24, 2.45) is 0 Å². The monoisotopic (exact) mass is 325 g/mol. The number of anilines is 1. The highest BCUT2D eigenvalue weighted by Gasteiger charge is 2.10. The topological polar surface area (TPSA) is 65.8 Å². The van der Waals surface area contributed by atoms with E-state index in [0.29, 0.717) is 10.7 Å². The van der Waals surface area contributed by atoms with E-state index in [2.05, 4.69) is 10.3 Å². The minimum Gasteiger partial charge on any atom is -0.322 e. The molecule has 0 unspecified atom stereocenters. The molecule has 0 radical (unpaired) electrons. The third kappa shape index (κ3) is 3.40. The van der Waals surface area contributed by atoms with Crippen LogP contribution in [-0.4, -0.2) is 10.9 Å². The van der Waals surface area contributed by atoms with Gasteiger partial charge in [0.1, 0.15) is 16.4 Å². The Bertz CT molecular complexity index is 705. The largest absolute Gasteiger partial charge is 0.322 e. The van der Waals surface area contributed by atoms with E-state index in [-0.39, 0.29) is 21.4 Å². The number of nitriles is 1. The van der Waals surface area contributed by atoms with Crippen LogP contribution in [0.2, 0.25) is 15.3 Å². The number of hydrogen-bond acceptors (Lipinski definition) is 3. The van der Waals surface area contributed by atoms with E-state index in [9.17, 15) is 4.79 Å². The lowest BCUT2D eigenvalue weighted by molar-refractivity contribution is 0.102. The van der Waals surface area contributed by atoms with Crippen LogP contribution in [0.1, 0.15) is 15.9 Å². The minimum absolute atomic E-state index is 0.122. The fourth-order valence-corrected chi connectivity index (χ4v) is 2.11. The molecule has 4 nitrogen and oxygen atoms in total. The lowest BCUT2D eigenvalue weighted by Crippen LogP contribution is -2.12. The molecule has 1 amide bonds. The van der Waals surface area contributed by atoms with Crippen LogP contribution < -0.4 is 5.32 Å². The third-order valence-corrected chi connectivity index (χ3v) is 3.09. The summed E-state index contributed by atoms with van der Waals surface area (Å²) < 4.78 is 0. The van der Waals surface area contributed by atoms with Crippen LogP contribution in [0.25, 0.3) is 0 Å². The summed E-state index contributed by atoms with van der Waals surface area (Å²) in [5.74, 6) is -0.414. The molecule has 0 aliphatic carbocycles. The number of carbonyl (C=O) groups excluding carboxylic acids is 1. The SMILES string of the molecule is N#Cc1cc(NC(=O)c2cc(Cl)nc(Cl)c2)ccc1Cl. The van der Waals surface area contributed by atoms with Crippen LogP contribution in [0.3, 0.4) is 0 Å². The molecule has 2 aromatic rings. The average Bonchev–Trinajstić information content (AvgIpc) is 2.39. The van der Waals surface area contributed by atoms with Crippen LogP contribution in [0.5, 0.6) is 0 Å². The lowest BCUT2D eigenvalue weighted by Gasteiger charge is -2.06. The Balaban J connectivity index is 2.26. The summed E-state index contributed by atoms with van der Waals surface area (Å²) in [6.07, 6.45) is 0. The van der Waals surface area contributed by atoms with Gasteiger partial charge in [0.15, 0.2) is 0 Å². The fourth-order valence-electron chi connectivity index (χ4n) is 1.49. The first-order valence-corrected chi connectivity index (χ1v) is 6.47. The van der Waals surface area contributed by atoms with Gasteiger partial charge in [0.2, 0.25) is 0 Å². The van der Waals surface area contributed by atoms with Crippen molar-refractivity contribution in [3.05, 3.63) is 56.8 Å². The molecule has 0 saturated carbocycles. The van der Waals surface area contributed by atoms with Crippen molar-refractivity contribution in [3.8, 4) is 6.07 Å². The second-order valence-electron chi connectivity index (χ2n) is 3.76. The Kier molecular flexibility index (Phi) is 4.46. The Morgan fingerprint density at radius 2 is 1.80 bits per heavy atom. The molecule has 1 heterocycles. The van der Waals surface area contributed by atoms with Gasteiger partial charge in [-0.2, -0.15) is 5.26 Å². The Morgan fingerprint density at radius 3 is 2.40 bits per heavy atom. The summed E-state index contributed by atoms with van der Waals surface area (Å²) in [4.78, 5) is 15.8. The smallest absolute Gasteiger partial charge is 0.255 e. The molecule has 0 spiro atoms. The highest BCUT2D eigenvalue weighted by Crippen LogP contribution is 2.21. The highest BCUT2D eigenvalue weighted by molar-refractivity contribution is 6.33. The number of amides is 1. The van der Waals surface area contributed by atoms with E-state index < -0.39 is 5.91 Å². The van der Waals surface area contributed by atoms with Gasteiger partial charge in [0.25, 0.3) is 5.91 Å². The minimum atomic E-state index is -0.414. The number of benzene rings is 1. The van der Waals surface area contributed by atoms with Crippen LogP contribution in [-0.2, 0) is 0 Å². The van der Waals surface area contributed by atoms with Crippen molar-refractivity contribution in [1.82, 2.24) is 4.98 Å². The molecule has 0 bridgehead atoms. The maximum absolute atomic E-state index is 12.0. The number of nitrogens with one attached hydrogen (secondary N) is 1. The van der Waals surface area contributed by atoms with Crippen molar-refractivity contribution < 1.29 is 4.79 Å². The maximum Gasteiger partial charge on any atom is 0.255 e. The normalized spacial score (nSPS) is 9.90. The van der Waals surface area contributed by atoms with Gasteiger partial charge in [-0.15, -0.1) is 0 Å². The molecule has 20 heavy (non-hydrogen) atoms. The second-order valence-corrected chi connectivity index (χ2v) is 4.94. The molecule has 7 heteroatoms. The number of aromatic nitrogens is 1. The average molecular weight is 327 g/mol. The van der Waals surface area contributed by atoms with Crippen molar-refractivity contribution >= 4 is 46.4 Å². The summed E-state index contributed by atoms with van der Waals surface area (Å²) in [6.45, 7) is 0. The second kappa shape index (κ2) is 6.10. The number of rotatable bonds is 2. The van der Waals surface area contributed by atoms with Crippen LogP contribution in [0, 0.1) is 11.3 Å². The van der Waals surface area contributed by atoms with Crippen LogP contribution >= 0.6 is 34.8 Å². The van der Waals surface area contributed by atoms with Crippen molar-refractivity contribution in [1.29, 1.82) is 5.26 Å². The molecular formula is C13H6Cl3N3O. The van der Waals surface area contributed by atoms with Crippen molar-refractivity contribution in [2.75, 3.05) is 5.32 Å². The first-order valence-electron chi connectivity index (χ1n) is 5.33. The van der Waals surface area contributed by atoms with Crippen LogP contribution in [0.15, 0.2) is 30.3 Å². The van der Waals surface area contributed by atoms with E-state index in [1.165, 1.54) is 24.3 Å². The van der Waals surface area contributed by atoms with E-state index in [4.69, 9.17) is 40.1 Å². The van der Waals surface area contributed by atoms with Gasteiger partial charge in [-0.1, -0.05) is 34.8 Å². The third-order valence-electron chi connectivity index (χ3n) is 2.37. The predicted octanol–water partition coefficient (Wildman–Crippen LogP) is 4.17. The van der Waals surface area contributed by atoms with Gasteiger partial charge in [-0.25, -0.2) is 4.98 Å². The number of pyridine rings is 1. The molecule has 0 fully saturated rings. The standard InChI is InChI=1S/C13H6Cl3N3O/c14-10-2-1-9(3-8(10)6-17)18-13(20)7-4-11(15)19-12(16)5-7/h1-5H,(H,18,20). The van der Waals surface area contributed by atoms with E-state index in [1.807, 2.05) is 6.07 Å². The molecule has 0 aliphatic heterocycles. The Labute approximate surface area is 129 Å². The fraction of sp³-hybridized carbons (Fsp3) is 0. The number of hydrogen-bond donors (Lipinski definition) is 1. The maximum atomic E-state index is 12.0. The molecular weight excluding hydrogens is 321 g/mol. The van der Waals surface area contributed by atoms with E-state index in [0.717, 1.165) is 0 Å². The van der Waals surface area contributed by atoms with Gasteiger partial charge in [0.05, 0.1) is 10.6 Å². The zero-order chi connectivity index (χ0) is 14.7.